The lowest BCUT2D eigenvalue weighted by Crippen LogP contribution is -2.25. The molecule has 0 saturated heterocycles. The molecule has 0 fully saturated rings. The van der Waals surface area contributed by atoms with E-state index in [2.05, 4.69) is 43.2 Å². The highest BCUT2D eigenvalue weighted by Gasteiger charge is 2.07. The third kappa shape index (κ3) is 6.14. The van der Waals surface area contributed by atoms with E-state index in [0.29, 0.717) is 18.3 Å². The Morgan fingerprint density at radius 2 is 1.55 bits per heavy atom. The largest absolute Gasteiger partial charge is 0.369 e. The van der Waals surface area contributed by atoms with E-state index in [1.807, 2.05) is 54.6 Å². The zero-order chi connectivity index (χ0) is 22.1. The maximum Gasteiger partial charge on any atom is 0.227 e. The van der Waals surface area contributed by atoms with Crippen LogP contribution in [-0.4, -0.2) is 25.8 Å². The van der Waals surface area contributed by atoms with Gasteiger partial charge in [-0.3, -0.25) is 9.93 Å². The number of carbonyl (C=O) groups is 1. The molecule has 0 spiro atoms. The van der Waals surface area contributed by atoms with E-state index >= 15 is 0 Å². The Balaban J connectivity index is 0.00000132. The number of aromatic nitrogens is 4. The minimum absolute atomic E-state index is 0.122. The Hall–Kier alpha value is -3.69. The van der Waals surface area contributed by atoms with Crippen LogP contribution in [0.25, 0.3) is 22.4 Å². The van der Waals surface area contributed by atoms with Gasteiger partial charge in [-0.25, -0.2) is 15.0 Å². The van der Waals surface area contributed by atoms with Crippen LogP contribution >= 0.6 is 12.8 Å². The lowest BCUT2D eigenvalue weighted by atomic mass is 10.1. The lowest BCUT2D eigenvalue weighted by Gasteiger charge is -2.06. The number of nitrogens with one attached hydrogen (secondary N) is 2. The summed E-state index contributed by atoms with van der Waals surface area (Å²) in [5.74, 6) is 0.757. The SMILES string of the molecule is NS.Nc1ncc(-c2ccc(CNC(=O)Cc3ncc(-c4ccccc4)cn3)cc2)[nH]1. The number of amides is 1. The summed E-state index contributed by atoms with van der Waals surface area (Å²) < 4.78 is 0. The summed E-state index contributed by atoms with van der Waals surface area (Å²) in [5.41, 5.74) is 10.4. The van der Waals surface area contributed by atoms with Crippen LogP contribution in [0, 0.1) is 0 Å². The van der Waals surface area contributed by atoms with Crippen LogP contribution in [0.2, 0.25) is 0 Å². The highest BCUT2D eigenvalue weighted by molar-refractivity contribution is 7.77. The van der Waals surface area contributed by atoms with Crippen molar-refractivity contribution in [2.75, 3.05) is 5.73 Å². The van der Waals surface area contributed by atoms with E-state index < -0.39 is 0 Å². The highest BCUT2D eigenvalue weighted by Crippen LogP contribution is 2.18. The molecular formula is C22H23N7OS. The number of hydrogen-bond donors (Lipinski definition) is 5. The first-order valence-corrected chi connectivity index (χ1v) is 9.98. The van der Waals surface area contributed by atoms with Gasteiger partial charge in [0.05, 0.1) is 18.3 Å². The quantitative estimate of drug-likeness (QED) is 0.297. The first-order chi connectivity index (χ1) is 15.2. The molecule has 0 aliphatic rings. The van der Waals surface area contributed by atoms with Crippen LogP contribution in [0.5, 0.6) is 0 Å². The van der Waals surface area contributed by atoms with Crippen molar-refractivity contribution in [3.8, 4) is 22.4 Å². The number of hydrogen-bond acceptors (Lipinski definition) is 7. The molecular weight excluding hydrogens is 410 g/mol. The number of aromatic amines is 1. The molecule has 0 unspecified atom stereocenters. The Labute approximate surface area is 185 Å². The Kier molecular flexibility index (Phi) is 7.74. The number of thiol groups is 1. The van der Waals surface area contributed by atoms with Crippen LogP contribution in [0.4, 0.5) is 5.95 Å². The summed E-state index contributed by atoms with van der Waals surface area (Å²) >= 11 is 3.03. The van der Waals surface area contributed by atoms with E-state index in [4.69, 9.17) is 5.73 Å². The average molecular weight is 434 g/mol. The third-order valence-electron chi connectivity index (χ3n) is 4.48. The van der Waals surface area contributed by atoms with E-state index in [1.165, 1.54) is 0 Å². The van der Waals surface area contributed by atoms with Crippen molar-refractivity contribution >= 4 is 24.7 Å². The topological polar surface area (TPSA) is 136 Å². The predicted octanol–water partition coefficient (Wildman–Crippen LogP) is 2.76. The van der Waals surface area contributed by atoms with Crippen molar-refractivity contribution in [1.82, 2.24) is 25.3 Å². The van der Waals surface area contributed by atoms with E-state index in [9.17, 15) is 4.79 Å². The minimum atomic E-state index is -0.122. The van der Waals surface area contributed by atoms with Crippen molar-refractivity contribution in [1.29, 1.82) is 0 Å². The first-order valence-electron chi connectivity index (χ1n) is 9.46. The van der Waals surface area contributed by atoms with Gasteiger partial charge in [0.25, 0.3) is 0 Å². The van der Waals surface area contributed by atoms with E-state index in [1.54, 1.807) is 18.6 Å². The number of nitrogens with zero attached hydrogens (tertiary/aromatic N) is 3. The first kappa shape index (κ1) is 22.0. The molecule has 2 heterocycles. The Morgan fingerprint density at radius 1 is 0.871 bits per heavy atom. The van der Waals surface area contributed by atoms with Gasteiger partial charge in [0, 0.05) is 24.5 Å². The molecule has 0 saturated carbocycles. The van der Waals surface area contributed by atoms with Gasteiger partial charge in [0.1, 0.15) is 5.82 Å². The van der Waals surface area contributed by atoms with Crippen molar-refractivity contribution in [3.05, 3.63) is 84.6 Å². The van der Waals surface area contributed by atoms with Gasteiger partial charge < -0.3 is 16.0 Å². The number of benzene rings is 2. The number of carbonyl (C=O) groups excluding carboxylic acids is 1. The molecule has 2 aromatic carbocycles. The number of nitrogens with two attached hydrogens (primary N) is 2. The van der Waals surface area contributed by atoms with E-state index in [-0.39, 0.29) is 12.3 Å². The maximum absolute atomic E-state index is 12.2. The minimum Gasteiger partial charge on any atom is -0.369 e. The maximum atomic E-state index is 12.2. The van der Waals surface area contributed by atoms with Crippen molar-refractivity contribution < 1.29 is 4.79 Å². The van der Waals surface area contributed by atoms with E-state index in [0.717, 1.165) is 27.9 Å². The zero-order valence-electron chi connectivity index (χ0n) is 16.7. The molecule has 158 valence electrons. The van der Waals surface area contributed by atoms with Crippen molar-refractivity contribution in [3.63, 3.8) is 0 Å². The molecule has 0 atom stereocenters. The predicted molar refractivity (Wildman–Crippen MR) is 125 cm³/mol. The summed E-state index contributed by atoms with van der Waals surface area (Å²) in [6.45, 7) is 0.437. The number of H-pyrrole nitrogens is 1. The van der Waals surface area contributed by atoms with Gasteiger partial charge in [0.2, 0.25) is 5.91 Å². The standard InChI is InChI=1S/C22H20N6O.H3NS/c23-22-27-14-19(28-22)17-8-6-15(7-9-17)11-26-21(29)10-20-24-12-18(13-25-20)16-4-2-1-3-5-16;1-2/h1-9,12-14H,10-11H2,(H,26,29)(H3,23,27,28);2H,1H2. The Bertz CT molecular complexity index is 1100. The normalized spacial score (nSPS) is 10.1. The second-order valence-corrected chi connectivity index (χ2v) is 6.59. The van der Waals surface area contributed by atoms with Gasteiger partial charge >= 0.3 is 0 Å². The number of imidazole rings is 1. The molecule has 4 aromatic rings. The van der Waals surface area contributed by atoms with Gasteiger partial charge in [-0.05, 0) is 16.7 Å². The van der Waals surface area contributed by atoms with Crippen LogP contribution < -0.4 is 16.2 Å². The summed E-state index contributed by atoms with van der Waals surface area (Å²) in [7, 11) is 0. The van der Waals surface area contributed by atoms with Gasteiger partial charge in [-0.15, -0.1) is 12.8 Å². The van der Waals surface area contributed by atoms with Crippen LogP contribution in [0.3, 0.4) is 0 Å². The van der Waals surface area contributed by atoms with Crippen LogP contribution in [-0.2, 0) is 17.8 Å². The molecule has 0 radical (unpaired) electrons. The summed E-state index contributed by atoms with van der Waals surface area (Å²) in [6, 6.07) is 17.7. The number of nitrogen functional groups attached to an aromatic ring is 1. The fourth-order valence-electron chi connectivity index (χ4n) is 2.92. The number of anilines is 1. The summed E-state index contributed by atoms with van der Waals surface area (Å²) in [5, 5.41) is 7.09. The fraction of sp³-hybridized carbons (Fsp3) is 0.0909. The van der Waals surface area contributed by atoms with Gasteiger partial charge in [-0.2, -0.15) is 0 Å². The molecule has 31 heavy (non-hydrogen) atoms. The monoisotopic (exact) mass is 433 g/mol. The third-order valence-corrected chi connectivity index (χ3v) is 4.48. The second-order valence-electron chi connectivity index (χ2n) is 6.59. The zero-order valence-corrected chi connectivity index (χ0v) is 17.6. The fourth-order valence-corrected chi connectivity index (χ4v) is 2.92. The van der Waals surface area contributed by atoms with Crippen molar-refractivity contribution in [2.45, 2.75) is 13.0 Å². The van der Waals surface area contributed by atoms with Gasteiger partial charge in [-0.1, -0.05) is 54.6 Å². The smallest absolute Gasteiger partial charge is 0.227 e. The number of rotatable bonds is 6. The van der Waals surface area contributed by atoms with Crippen molar-refractivity contribution in [2.24, 2.45) is 5.14 Å². The lowest BCUT2D eigenvalue weighted by molar-refractivity contribution is -0.120. The van der Waals surface area contributed by atoms with Crippen LogP contribution in [0.1, 0.15) is 11.4 Å². The molecule has 8 nitrogen and oxygen atoms in total. The second kappa shape index (κ2) is 10.9. The Morgan fingerprint density at radius 3 is 2.16 bits per heavy atom. The highest BCUT2D eigenvalue weighted by atomic mass is 32.1. The van der Waals surface area contributed by atoms with Gasteiger partial charge in [0.15, 0.2) is 5.95 Å². The summed E-state index contributed by atoms with van der Waals surface area (Å²) in [6.07, 6.45) is 5.31. The molecule has 4 rings (SSSR count). The summed E-state index contributed by atoms with van der Waals surface area (Å²) in [4.78, 5) is 27.8. The molecule has 0 aliphatic carbocycles. The molecule has 1 amide bonds. The molecule has 0 bridgehead atoms. The average Bonchev–Trinajstić information content (AvgIpc) is 3.27. The van der Waals surface area contributed by atoms with Crippen LogP contribution in [0.15, 0.2) is 73.2 Å². The molecule has 9 heteroatoms. The molecule has 2 aromatic heterocycles. The molecule has 0 aliphatic heterocycles. The molecule has 6 N–H and O–H groups in total.